The van der Waals surface area contributed by atoms with E-state index < -0.39 is 17.7 Å². The van der Waals surface area contributed by atoms with E-state index in [2.05, 4.69) is 10.6 Å². The third-order valence-corrected chi connectivity index (χ3v) is 2.23. The molecule has 0 bridgehead atoms. The Kier molecular flexibility index (Phi) is 4.25. The zero-order chi connectivity index (χ0) is 13.0. The number of nitrogen functional groups attached to an aromatic ring is 1. The lowest BCUT2D eigenvalue weighted by Crippen LogP contribution is -2.37. The number of rotatable bonds is 4. The third-order valence-electron chi connectivity index (χ3n) is 2.23. The van der Waals surface area contributed by atoms with Crippen molar-refractivity contribution >= 4 is 17.3 Å². The molecule has 0 heterocycles. The Hall–Kier alpha value is -1.85. The van der Waals surface area contributed by atoms with Crippen LogP contribution < -0.4 is 16.4 Å². The van der Waals surface area contributed by atoms with E-state index in [4.69, 9.17) is 5.73 Å². The molecule has 4 N–H and O–H groups in total. The van der Waals surface area contributed by atoms with Gasteiger partial charge in [0.15, 0.2) is 11.6 Å². The summed E-state index contributed by atoms with van der Waals surface area (Å²) in [7, 11) is 0. The lowest BCUT2D eigenvalue weighted by Gasteiger charge is -2.16. The molecule has 6 heteroatoms. The molecule has 0 radical (unpaired) electrons. The first-order chi connectivity index (χ1) is 7.97. The normalized spacial score (nSPS) is 12.0. The molecule has 0 aromatic heterocycles. The van der Waals surface area contributed by atoms with Gasteiger partial charge in [-0.05, 0) is 26.0 Å². The van der Waals surface area contributed by atoms with E-state index in [0.717, 1.165) is 6.07 Å². The Morgan fingerprint density at radius 2 is 2.12 bits per heavy atom. The van der Waals surface area contributed by atoms with E-state index >= 15 is 0 Å². The Bertz CT molecular complexity index is 423. The summed E-state index contributed by atoms with van der Waals surface area (Å²) in [6.45, 7) is 3.77. The second kappa shape index (κ2) is 5.47. The van der Waals surface area contributed by atoms with Gasteiger partial charge in [0.2, 0.25) is 5.91 Å². The summed E-state index contributed by atoms with van der Waals surface area (Å²) in [6.07, 6.45) is 0. The highest BCUT2D eigenvalue weighted by molar-refractivity contribution is 5.85. The zero-order valence-electron chi connectivity index (χ0n) is 9.68. The van der Waals surface area contributed by atoms with Gasteiger partial charge in [-0.25, -0.2) is 8.78 Å². The average Bonchev–Trinajstić information content (AvgIpc) is 2.29. The van der Waals surface area contributed by atoms with Crippen LogP contribution in [0.15, 0.2) is 12.1 Å². The van der Waals surface area contributed by atoms with Crippen LogP contribution in [0.2, 0.25) is 0 Å². The maximum Gasteiger partial charge on any atom is 0.242 e. The molecule has 1 amide bonds. The quantitative estimate of drug-likeness (QED) is 0.702. The topological polar surface area (TPSA) is 67.2 Å². The first-order valence-electron chi connectivity index (χ1n) is 5.25. The number of anilines is 2. The van der Waals surface area contributed by atoms with Gasteiger partial charge < -0.3 is 16.4 Å². The molecule has 0 saturated carbocycles. The minimum atomic E-state index is -1.08. The van der Waals surface area contributed by atoms with Crippen LogP contribution in [-0.2, 0) is 4.79 Å². The van der Waals surface area contributed by atoms with Crippen molar-refractivity contribution < 1.29 is 13.6 Å². The maximum atomic E-state index is 13.4. The minimum absolute atomic E-state index is 0.0556. The number of halogens is 2. The number of nitrogens with two attached hydrogens (primary N) is 1. The first-order valence-corrected chi connectivity index (χ1v) is 5.25. The maximum absolute atomic E-state index is 13.4. The number of carbonyl (C=O) groups is 1. The highest BCUT2D eigenvalue weighted by Gasteiger charge is 2.17. The molecule has 1 aromatic rings. The van der Waals surface area contributed by atoms with Gasteiger partial charge in [-0.15, -0.1) is 0 Å². The molecule has 0 aliphatic heterocycles. The van der Waals surface area contributed by atoms with Crippen LogP contribution in [0.25, 0.3) is 0 Å². The van der Waals surface area contributed by atoms with E-state index in [-0.39, 0.29) is 17.3 Å². The molecule has 17 heavy (non-hydrogen) atoms. The monoisotopic (exact) mass is 243 g/mol. The molecule has 94 valence electrons. The Labute approximate surface area is 98.2 Å². The van der Waals surface area contributed by atoms with E-state index in [1.807, 2.05) is 0 Å². The van der Waals surface area contributed by atoms with Crippen LogP contribution in [0, 0.1) is 11.6 Å². The largest absolute Gasteiger partial charge is 0.397 e. The fourth-order valence-corrected chi connectivity index (χ4v) is 1.32. The number of nitrogens with one attached hydrogen (secondary N) is 2. The Balaban J connectivity index is 2.88. The number of hydrogen-bond acceptors (Lipinski definition) is 3. The average molecular weight is 243 g/mol. The van der Waals surface area contributed by atoms with Crippen molar-refractivity contribution in [2.45, 2.75) is 19.9 Å². The SMILES string of the molecule is CCNC(=O)C(C)Nc1c(N)ccc(F)c1F. The lowest BCUT2D eigenvalue weighted by molar-refractivity contribution is -0.121. The predicted octanol–water partition coefficient (Wildman–Crippen LogP) is 1.48. The van der Waals surface area contributed by atoms with E-state index in [9.17, 15) is 13.6 Å². The van der Waals surface area contributed by atoms with E-state index in [0.29, 0.717) is 6.54 Å². The summed E-state index contributed by atoms with van der Waals surface area (Å²) < 4.78 is 26.4. The Morgan fingerprint density at radius 1 is 1.47 bits per heavy atom. The van der Waals surface area contributed by atoms with Crippen molar-refractivity contribution in [3.8, 4) is 0 Å². The van der Waals surface area contributed by atoms with Crippen molar-refractivity contribution in [1.82, 2.24) is 5.32 Å². The van der Waals surface area contributed by atoms with Gasteiger partial charge in [-0.1, -0.05) is 0 Å². The van der Waals surface area contributed by atoms with Crippen LogP contribution in [0.1, 0.15) is 13.8 Å². The van der Waals surface area contributed by atoms with Crippen LogP contribution in [-0.4, -0.2) is 18.5 Å². The molecule has 0 aliphatic carbocycles. The molecule has 1 atom stereocenters. The predicted molar refractivity (Wildman–Crippen MR) is 62.5 cm³/mol. The van der Waals surface area contributed by atoms with Gasteiger partial charge in [-0.3, -0.25) is 4.79 Å². The van der Waals surface area contributed by atoms with Gasteiger partial charge in [0.25, 0.3) is 0 Å². The van der Waals surface area contributed by atoms with Crippen molar-refractivity contribution in [2.24, 2.45) is 0 Å². The summed E-state index contributed by atoms with van der Waals surface area (Å²) >= 11 is 0. The fourth-order valence-electron chi connectivity index (χ4n) is 1.32. The molecule has 0 spiro atoms. The van der Waals surface area contributed by atoms with Crippen LogP contribution in [0.3, 0.4) is 0 Å². The molecule has 0 aliphatic rings. The van der Waals surface area contributed by atoms with Crippen molar-refractivity contribution in [3.63, 3.8) is 0 Å². The summed E-state index contributed by atoms with van der Waals surface area (Å²) in [4.78, 5) is 11.4. The van der Waals surface area contributed by atoms with Gasteiger partial charge in [-0.2, -0.15) is 0 Å². The van der Waals surface area contributed by atoms with E-state index in [1.165, 1.54) is 13.0 Å². The summed E-state index contributed by atoms with van der Waals surface area (Å²) in [5.74, 6) is -2.40. The van der Waals surface area contributed by atoms with Crippen LogP contribution in [0.4, 0.5) is 20.2 Å². The smallest absolute Gasteiger partial charge is 0.242 e. The van der Waals surface area contributed by atoms with Gasteiger partial charge in [0, 0.05) is 6.54 Å². The molecular weight excluding hydrogens is 228 g/mol. The first kappa shape index (κ1) is 13.2. The number of amides is 1. The molecule has 1 rings (SSSR count). The van der Waals surface area contributed by atoms with Crippen molar-refractivity contribution in [1.29, 1.82) is 0 Å². The van der Waals surface area contributed by atoms with Crippen molar-refractivity contribution in [2.75, 3.05) is 17.6 Å². The lowest BCUT2D eigenvalue weighted by atomic mass is 10.2. The van der Waals surface area contributed by atoms with Crippen molar-refractivity contribution in [3.05, 3.63) is 23.8 Å². The van der Waals surface area contributed by atoms with Gasteiger partial charge in [0.05, 0.1) is 11.4 Å². The highest BCUT2D eigenvalue weighted by Crippen LogP contribution is 2.25. The van der Waals surface area contributed by atoms with Gasteiger partial charge in [0.1, 0.15) is 6.04 Å². The summed E-state index contributed by atoms with van der Waals surface area (Å²) in [5, 5.41) is 5.11. The number of hydrogen-bond donors (Lipinski definition) is 3. The summed E-state index contributed by atoms with van der Waals surface area (Å²) in [5.41, 5.74) is 5.38. The number of carbonyl (C=O) groups excluding carboxylic acids is 1. The summed E-state index contributed by atoms with van der Waals surface area (Å²) in [6, 6.07) is 1.48. The standard InChI is InChI=1S/C11H15F2N3O/c1-3-15-11(17)6(2)16-10-8(14)5-4-7(12)9(10)13/h4-6,16H,3,14H2,1-2H3,(H,15,17). The van der Waals surface area contributed by atoms with E-state index in [1.54, 1.807) is 6.92 Å². The second-order valence-electron chi connectivity index (χ2n) is 3.59. The zero-order valence-corrected chi connectivity index (χ0v) is 9.68. The second-order valence-corrected chi connectivity index (χ2v) is 3.59. The fraction of sp³-hybridized carbons (Fsp3) is 0.364. The molecule has 1 unspecified atom stereocenters. The minimum Gasteiger partial charge on any atom is -0.397 e. The van der Waals surface area contributed by atoms with Gasteiger partial charge >= 0.3 is 0 Å². The number of likely N-dealkylation sites (N-methyl/N-ethyl adjacent to an activating group) is 1. The molecule has 4 nitrogen and oxygen atoms in total. The third kappa shape index (κ3) is 3.05. The molecule has 0 saturated heterocycles. The van der Waals surface area contributed by atoms with Crippen LogP contribution in [0.5, 0.6) is 0 Å². The molecular formula is C11H15F2N3O. The molecule has 1 aromatic carbocycles. The molecule has 0 fully saturated rings. The highest BCUT2D eigenvalue weighted by atomic mass is 19.2. The Morgan fingerprint density at radius 3 is 2.71 bits per heavy atom. The van der Waals surface area contributed by atoms with Crippen LogP contribution >= 0.6 is 0 Å². The number of benzene rings is 1.